The Hall–Kier alpha value is -2.18. The van der Waals surface area contributed by atoms with Crippen molar-refractivity contribution < 1.29 is 14.3 Å². The van der Waals surface area contributed by atoms with Gasteiger partial charge in [0.1, 0.15) is 22.6 Å². The lowest BCUT2D eigenvalue weighted by molar-refractivity contribution is 0.106. The largest absolute Gasteiger partial charge is 0.495 e. The highest BCUT2D eigenvalue weighted by molar-refractivity contribution is 6.32. The van der Waals surface area contributed by atoms with E-state index >= 15 is 0 Å². The summed E-state index contributed by atoms with van der Waals surface area (Å²) in [5.41, 5.74) is 0.533. The minimum Gasteiger partial charge on any atom is -0.495 e. The van der Waals surface area contributed by atoms with E-state index in [0.717, 1.165) is 12.8 Å². The van der Waals surface area contributed by atoms with E-state index in [1.165, 1.54) is 6.20 Å². The molecule has 1 N–H and O–H groups in total. The molecule has 0 radical (unpaired) electrons. The Bertz CT molecular complexity index is 788. The van der Waals surface area contributed by atoms with Crippen molar-refractivity contribution in [2.75, 3.05) is 25.5 Å². The van der Waals surface area contributed by atoms with Crippen LogP contribution in [0.15, 0.2) is 36.7 Å². The second-order valence-electron chi connectivity index (χ2n) is 5.91. The van der Waals surface area contributed by atoms with Crippen LogP contribution < -0.4 is 14.8 Å². The molecule has 0 saturated carbocycles. The van der Waals surface area contributed by atoms with Gasteiger partial charge < -0.3 is 19.7 Å². The molecule has 1 atom stereocenters. The minimum absolute atomic E-state index is 0.129. The lowest BCUT2D eigenvalue weighted by atomic mass is 10.1. The summed E-state index contributed by atoms with van der Waals surface area (Å²) in [5.74, 6) is 1.13. The third-order valence-electron chi connectivity index (χ3n) is 4.10. The summed E-state index contributed by atoms with van der Waals surface area (Å²) < 4.78 is 11.2. The van der Waals surface area contributed by atoms with Crippen molar-refractivity contribution in [3.8, 4) is 11.5 Å². The van der Waals surface area contributed by atoms with Crippen LogP contribution in [-0.2, 0) is 0 Å². The van der Waals surface area contributed by atoms with Gasteiger partial charge in [0.2, 0.25) is 0 Å². The molecule has 1 aliphatic heterocycles. The molecule has 1 fully saturated rings. The predicted octanol–water partition coefficient (Wildman–Crippen LogP) is 4.47. The average molecular weight is 396 g/mol. The molecule has 0 aliphatic carbocycles. The number of hydrogen-bond acceptors (Lipinski definition) is 4. The van der Waals surface area contributed by atoms with Gasteiger partial charge in [-0.05, 0) is 31.0 Å². The van der Waals surface area contributed by atoms with Gasteiger partial charge >= 0.3 is 6.03 Å². The number of rotatable bonds is 4. The van der Waals surface area contributed by atoms with Gasteiger partial charge in [-0.15, -0.1) is 0 Å². The van der Waals surface area contributed by atoms with Crippen LogP contribution in [0.2, 0.25) is 10.0 Å². The first-order chi connectivity index (χ1) is 12.6. The molecule has 138 valence electrons. The molecule has 1 aromatic heterocycles. The van der Waals surface area contributed by atoms with Crippen LogP contribution in [0.1, 0.15) is 12.8 Å². The molecule has 2 heterocycles. The number of benzene rings is 1. The van der Waals surface area contributed by atoms with Crippen LogP contribution in [0.3, 0.4) is 0 Å². The summed E-state index contributed by atoms with van der Waals surface area (Å²) in [6, 6.07) is 6.58. The van der Waals surface area contributed by atoms with E-state index in [9.17, 15) is 4.79 Å². The van der Waals surface area contributed by atoms with Crippen molar-refractivity contribution in [1.29, 1.82) is 0 Å². The van der Waals surface area contributed by atoms with Crippen LogP contribution in [0, 0.1) is 0 Å². The third-order valence-corrected chi connectivity index (χ3v) is 4.62. The number of nitrogens with one attached hydrogen (secondary N) is 1. The first-order valence-electron chi connectivity index (χ1n) is 8.22. The molecule has 8 heteroatoms. The van der Waals surface area contributed by atoms with Gasteiger partial charge in [0, 0.05) is 30.0 Å². The van der Waals surface area contributed by atoms with Gasteiger partial charge in [-0.3, -0.25) is 4.98 Å². The number of piperidine rings is 1. The first kappa shape index (κ1) is 18.6. The summed E-state index contributed by atoms with van der Waals surface area (Å²) >= 11 is 12.1. The van der Waals surface area contributed by atoms with Crippen LogP contribution in [0.25, 0.3) is 0 Å². The SMILES string of the molecule is COc1ccc(Cl)cc1NC(=O)N1CCCC(Oc2ccncc2Cl)C1. The molecular formula is C18H19Cl2N3O3. The number of methoxy groups -OCH3 is 1. The monoisotopic (exact) mass is 395 g/mol. The molecule has 26 heavy (non-hydrogen) atoms. The van der Waals surface area contributed by atoms with E-state index in [1.807, 2.05) is 0 Å². The summed E-state index contributed by atoms with van der Waals surface area (Å²) in [5, 5.41) is 3.83. The highest BCUT2D eigenvalue weighted by Gasteiger charge is 2.26. The molecule has 1 aliphatic rings. The van der Waals surface area contributed by atoms with Gasteiger partial charge in [0.25, 0.3) is 0 Å². The number of carbonyl (C=O) groups is 1. The minimum atomic E-state index is -0.223. The number of anilines is 1. The molecule has 2 amide bonds. The van der Waals surface area contributed by atoms with E-state index < -0.39 is 0 Å². The maximum Gasteiger partial charge on any atom is 0.322 e. The van der Waals surface area contributed by atoms with Crippen LogP contribution in [0.5, 0.6) is 11.5 Å². The first-order valence-corrected chi connectivity index (χ1v) is 8.98. The summed E-state index contributed by atoms with van der Waals surface area (Å²) in [4.78, 5) is 18.3. The van der Waals surface area contributed by atoms with Gasteiger partial charge in [-0.25, -0.2) is 4.79 Å². The molecule has 1 saturated heterocycles. The fourth-order valence-electron chi connectivity index (χ4n) is 2.83. The van der Waals surface area contributed by atoms with Gasteiger partial charge in [0.15, 0.2) is 0 Å². The maximum atomic E-state index is 12.6. The van der Waals surface area contributed by atoms with E-state index in [1.54, 1.807) is 42.5 Å². The number of nitrogens with zero attached hydrogens (tertiary/aromatic N) is 2. The van der Waals surface area contributed by atoms with Gasteiger partial charge in [-0.2, -0.15) is 0 Å². The van der Waals surface area contributed by atoms with Crippen molar-refractivity contribution in [2.24, 2.45) is 0 Å². The topological polar surface area (TPSA) is 63.7 Å². The number of pyridine rings is 1. The molecular weight excluding hydrogens is 377 g/mol. The fourth-order valence-corrected chi connectivity index (χ4v) is 3.16. The van der Waals surface area contributed by atoms with E-state index in [-0.39, 0.29) is 12.1 Å². The Morgan fingerprint density at radius 2 is 2.15 bits per heavy atom. The average Bonchev–Trinajstić information content (AvgIpc) is 2.64. The van der Waals surface area contributed by atoms with Crippen molar-refractivity contribution in [1.82, 2.24) is 9.88 Å². The Morgan fingerprint density at radius 1 is 1.31 bits per heavy atom. The zero-order valence-electron chi connectivity index (χ0n) is 14.2. The molecule has 2 aromatic rings. The van der Waals surface area contributed by atoms with Crippen LogP contribution in [0.4, 0.5) is 10.5 Å². The molecule has 6 nitrogen and oxygen atoms in total. The Balaban J connectivity index is 1.65. The Kier molecular flexibility index (Phi) is 6.06. The number of ether oxygens (including phenoxy) is 2. The van der Waals surface area contributed by atoms with E-state index in [0.29, 0.717) is 40.3 Å². The van der Waals surface area contributed by atoms with Crippen molar-refractivity contribution in [3.63, 3.8) is 0 Å². The normalized spacial score (nSPS) is 16.9. The fraction of sp³-hybridized carbons (Fsp3) is 0.333. The second-order valence-corrected chi connectivity index (χ2v) is 6.75. The molecule has 0 bridgehead atoms. The Labute approximate surface area is 162 Å². The maximum absolute atomic E-state index is 12.6. The van der Waals surface area contributed by atoms with Crippen molar-refractivity contribution in [2.45, 2.75) is 18.9 Å². The van der Waals surface area contributed by atoms with Gasteiger partial charge in [-0.1, -0.05) is 23.2 Å². The van der Waals surface area contributed by atoms with Crippen molar-refractivity contribution in [3.05, 3.63) is 46.7 Å². The smallest absolute Gasteiger partial charge is 0.322 e. The highest BCUT2D eigenvalue weighted by Crippen LogP contribution is 2.29. The molecule has 1 aromatic carbocycles. The van der Waals surface area contributed by atoms with Gasteiger partial charge in [0.05, 0.1) is 19.3 Å². The lowest BCUT2D eigenvalue weighted by Crippen LogP contribution is -2.46. The number of aromatic nitrogens is 1. The van der Waals surface area contributed by atoms with Crippen molar-refractivity contribution >= 4 is 34.9 Å². The standard InChI is InChI=1S/C18H19Cl2N3O3/c1-25-17-5-4-12(19)9-15(17)22-18(24)23-8-2-3-13(11-23)26-16-6-7-21-10-14(16)20/h4-7,9-10,13H,2-3,8,11H2,1H3,(H,22,24). The third kappa shape index (κ3) is 4.51. The van der Waals surface area contributed by atoms with Crippen LogP contribution >= 0.6 is 23.2 Å². The number of urea groups is 1. The lowest BCUT2D eigenvalue weighted by Gasteiger charge is -2.33. The highest BCUT2D eigenvalue weighted by atomic mass is 35.5. The predicted molar refractivity (Wildman–Crippen MR) is 101 cm³/mol. The second kappa shape index (κ2) is 8.47. The number of carbonyl (C=O) groups excluding carboxylic acids is 1. The number of hydrogen-bond donors (Lipinski definition) is 1. The number of amides is 2. The van der Waals surface area contributed by atoms with Crippen LogP contribution in [-0.4, -0.2) is 42.2 Å². The summed E-state index contributed by atoms with van der Waals surface area (Å²) in [6.45, 7) is 1.12. The number of likely N-dealkylation sites (tertiary alicyclic amines) is 1. The summed E-state index contributed by atoms with van der Waals surface area (Å²) in [7, 11) is 1.54. The number of halogens is 2. The quantitative estimate of drug-likeness (QED) is 0.828. The Morgan fingerprint density at radius 3 is 2.92 bits per heavy atom. The molecule has 1 unspecified atom stereocenters. The molecule has 3 rings (SSSR count). The van der Waals surface area contributed by atoms with E-state index in [4.69, 9.17) is 32.7 Å². The molecule has 0 spiro atoms. The summed E-state index contributed by atoms with van der Waals surface area (Å²) in [6.07, 6.45) is 4.72. The van der Waals surface area contributed by atoms with E-state index in [2.05, 4.69) is 10.3 Å². The zero-order chi connectivity index (χ0) is 18.5. The zero-order valence-corrected chi connectivity index (χ0v) is 15.8.